The minimum absolute atomic E-state index is 0.0276. The average Bonchev–Trinajstić information content (AvgIpc) is 0.820. The summed E-state index contributed by atoms with van der Waals surface area (Å²) in [7, 11) is -3.81. The van der Waals surface area contributed by atoms with Crippen LogP contribution in [0.3, 0.4) is 0 Å². The number of para-hydroxylation sites is 1. The highest BCUT2D eigenvalue weighted by atomic mass is 32.2. The van der Waals surface area contributed by atoms with Crippen LogP contribution < -0.4 is 18.4 Å². The number of allylic oxidation sites excluding steroid dienone is 1. The highest BCUT2D eigenvalue weighted by molar-refractivity contribution is 7.87. The van der Waals surface area contributed by atoms with Crippen molar-refractivity contribution in [2.24, 2.45) is 11.8 Å². The summed E-state index contributed by atoms with van der Waals surface area (Å²) >= 11 is 0. The minimum Gasteiger partial charge on any atom is -0.508 e. The van der Waals surface area contributed by atoms with Crippen LogP contribution in [0, 0.1) is 25.7 Å². The Kier molecular flexibility index (Phi) is 79.8. The lowest BCUT2D eigenvalue weighted by Crippen LogP contribution is -2.16. The van der Waals surface area contributed by atoms with Crippen molar-refractivity contribution in [3.63, 3.8) is 0 Å². The lowest BCUT2D eigenvalue weighted by Gasteiger charge is -2.11. The third-order valence-electron chi connectivity index (χ3n) is 18.6. The van der Waals surface area contributed by atoms with Crippen LogP contribution in [0.1, 0.15) is 311 Å². The van der Waals surface area contributed by atoms with E-state index in [0.29, 0.717) is 52.0 Å². The molecule has 10 aromatic carbocycles. The number of hydrogen-bond acceptors (Lipinski definition) is 11. The zero-order chi connectivity index (χ0) is 98.9. The van der Waals surface area contributed by atoms with Crippen molar-refractivity contribution >= 4 is 52.2 Å². The molecule has 4 N–H and O–H groups in total. The van der Waals surface area contributed by atoms with Gasteiger partial charge in [0, 0.05) is 0 Å². The molecule has 10 rings (SSSR count). The summed E-state index contributed by atoms with van der Waals surface area (Å²) in [6.45, 7) is 66.8. The van der Waals surface area contributed by atoms with Gasteiger partial charge in [-0.25, -0.2) is 9.59 Å². The number of benzene rings is 10. The number of phenols is 1. The van der Waals surface area contributed by atoms with Gasteiger partial charge in [0.05, 0.1) is 36.2 Å². The number of aliphatic carboxylic acids is 1. The number of aryl methyl sites for hydroxylation is 2. The fourth-order valence-electron chi connectivity index (χ4n) is 9.43. The largest absolute Gasteiger partial charge is 0.508 e. The summed E-state index contributed by atoms with van der Waals surface area (Å²) in [5.74, 6) is 2.50. The molecule has 0 aliphatic heterocycles. The molecule has 10 aromatic rings. The fourth-order valence-corrected chi connectivity index (χ4v) is 10.4. The molecular weight excluding hydrogens is 1630 g/mol. The Bertz CT molecular complexity index is 4400. The van der Waals surface area contributed by atoms with E-state index in [-0.39, 0.29) is 22.7 Å². The smallest absolute Gasteiger partial charge is 0.339 e. The first-order valence-corrected chi connectivity index (χ1v) is 47.1. The Labute approximate surface area is 781 Å². The molecule has 0 heterocycles. The number of carbonyl (C=O) groups excluding carboxylic acids is 1. The number of ether oxygens (including phenoxy) is 3. The molecule has 0 aliphatic rings. The molecule has 0 saturated carbocycles. The molecule has 6 atom stereocenters. The van der Waals surface area contributed by atoms with E-state index in [1.54, 1.807) is 91.9 Å². The van der Waals surface area contributed by atoms with Gasteiger partial charge in [-0.2, -0.15) is 8.42 Å². The van der Waals surface area contributed by atoms with E-state index in [2.05, 4.69) is 135 Å². The summed E-state index contributed by atoms with van der Waals surface area (Å²) in [5, 5.41) is 34.3. The third-order valence-corrected chi connectivity index (χ3v) is 19.9. The number of rotatable bonds is 26. The molecule has 0 saturated heterocycles. The predicted octanol–water partition coefficient (Wildman–Crippen LogP) is 33.0. The number of aromatic hydroxyl groups is 1. The Morgan fingerprint density at radius 3 is 0.930 bits per heavy atom. The van der Waals surface area contributed by atoms with Crippen LogP contribution in [0.25, 0.3) is 18.2 Å². The average molecular weight is 1790 g/mol. The monoisotopic (exact) mass is 1790 g/mol. The van der Waals surface area contributed by atoms with Crippen molar-refractivity contribution in [2.75, 3.05) is 13.2 Å². The Morgan fingerprint density at radius 1 is 0.364 bits per heavy atom. The highest BCUT2D eigenvalue weighted by Gasteiger charge is 2.18. The molecule has 0 radical (unpaired) electrons. The normalized spacial score (nSPS) is 10.8. The second-order valence-electron chi connectivity index (χ2n) is 29.1. The van der Waals surface area contributed by atoms with Gasteiger partial charge < -0.3 is 38.8 Å². The summed E-state index contributed by atoms with van der Waals surface area (Å²) in [6.07, 6.45) is 16.9. The molecular formula is C114H162O14S. The van der Waals surface area contributed by atoms with E-state index in [9.17, 15) is 27.6 Å². The zero-order valence-electron chi connectivity index (χ0n) is 83.0. The maximum Gasteiger partial charge on any atom is 0.339 e. The van der Waals surface area contributed by atoms with Gasteiger partial charge in [-0.3, -0.25) is 9.59 Å². The van der Waals surface area contributed by atoms with Crippen molar-refractivity contribution < 1.29 is 66.4 Å². The first kappa shape index (κ1) is 126. The van der Waals surface area contributed by atoms with E-state index >= 15 is 0 Å². The number of carbonyl (C=O) groups is 4. The molecule has 0 bridgehead atoms. The maximum atomic E-state index is 12.2. The molecule has 0 amide bonds. The van der Waals surface area contributed by atoms with Gasteiger partial charge in [-0.15, -0.1) is 6.58 Å². The fraction of sp³-hybridized carbons (Fsp3) is 0.368. The van der Waals surface area contributed by atoms with Gasteiger partial charge in [0.15, 0.2) is 0 Å². The molecule has 6 unspecified atom stereocenters. The highest BCUT2D eigenvalue weighted by Crippen LogP contribution is 2.26. The van der Waals surface area contributed by atoms with E-state index in [0.717, 1.165) is 67.9 Å². The van der Waals surface area contributed by atoms with Crippen LogP contribution in [0.2, 0.25) is 0 Å². The number of carboxylic acids is 3. The van der Waals surface area contributed by atoms with Gasteiger partial charge in [-0.05, 0) is 244 Å². The summed E-state index contributed by atoms with van der Waals surface area (Å²) in [6, 6.07) is 80.6. The summed E-state index contributed by atoms with van der Waals surface area (Å²) in [4.78, 5) is 42.5. The molecule has 0 spiro atoms. The van der Waals surface area contributed by atoms with E-state index in [1.165, 1.54) is 76.8 Å². The molecule has 129 heavy (non-hydrogen) atoms. The van der Waals surface area contributed by atoms with Gasteiger partial charge in [0.25, 0.3) is 0 Å². The second-order valence-corrected chi connectivity index (χ2v) is 30.6. The third kappa shape index (κ3) is 63.7. The van der Waals surface area contributed by atoms with Crippen molar-refractivity contribution in [1.82, 2.24) is 0 Å². The molecule has 14 nitrogen and oxygen atoms in total. The van der Waals surface area contributed by atoms with Gasteiger partial charge in [0.1, 0.15) is 33.6 Å². The number of hydrogen-bond donors (Lipinski definition) is 4. The van der Waals surface area contributed by atoms with Crippen LogP contribution in [0.5, 0.6) is 28.7 Å². The predicted molar refractivity (Wildman–Crippen MR) is 552 cm³/mol. The topological polar surface area (TPSA) is 220 Å². The quantitative estimate of drug-likeness (QED) is 0.0172. The number of carboxylic acid groups (broad SMARTS) is 3. The van der Waals surface area contributed by atoms with Gasteiger partial charge in [-0.1, -0.05) is 366 Å². The number of unbranched alkanes of at least 4 members (excludes halogenated alkanes) is 1. The standard InChI is InChI=1S/C18H20O3S.C12H18O.3C11H14O2.C9H12O.2C8H8.C7H8O.C5H10O2.C4H10.C3H8.C3H6.2C2H6/c1-4-14(3)16-8-10-17(11-9-16)21-22(19,20)18-12-6-15(5-2)7-13-18;1-4-10(3)11-6-8-12(9-7-11)13-5-2;2*1-3-8(2)9-4-6-10(7-5-9)11(12)13;1-3-9(2)11(12)13-10-7-5-4-6-8-10;1-3-10-9-6-4-5-8(2)7-9;2*1-2-8-6-4-3-5-7-8;1-6-3-2-4-7(8)5-6;1-3-4(2)5(6)7;1-3-4-2;2*1-3-2;2*1-2/h5-14H,2,4H2,1,3H3;6-10H,4-5H2,1-3H3;2*4-8H,3H2,1-2H3,(H,12,13);4-9H,3H2,1-2H3;4-7H,3H2,1-2H3;2*2-7H,1H2;2-5,8H,1H3;4H,3H2,1-2H3,(H,6,7);3-4H2,1-2H3;3H2,1-2H3;3H,1H2,2H3;2*1-2H3. The van der Waals surface area contributed by atoms with Crippen LogP contribution in [0.15, 0.2) is 298 Å². The number of aromatic carboxylic acids is 2. The molecule has 0 fully saturated rings. The maximum absolute atomic E-state index is 12.2. The first-order valence-electron chi connectivity index (χ1n) is 45.7. The van der Waals surface area contributed by atoms with Crippen LogP contribution in [-0.4, -0.2) is 65.9 Å². The molecule has 15 heteroatoms. The summed E-state index contributed by atoms with van der Waals surface area (Å²) in [5.41, 5.74) is 11.2. The Morgan fingerprint density at radius 2 is 0.667 bits per heavy atom. The van der Waals surface area contributed by atoms with Gasteiger partial charge >= 0.3 is 34.0 Å². The summed E-state index contributed by atoms with van der Waals surface area (Å²) < 4.78 is 45.4. The Balaban J connectivity index is -0.000000441. The van der Waals surface area contributed by atoms with E-state index < -0.39 is 28.0 Å². The van der Waals surface area contributed by atoms with Crippen molar-refractivity contribution in [1.29, 1.82) is 0 Å². The lowest BCUT2D eigenvalue weighted by atomic mass is 9.98. The van der Waals surface area contributed by atoms with Crippen molar-refractivity contribution in [3.05, 3.63) is 354 Å². The van der Waals surface area contributed by atoms with Crippen LogP contribution in [0.4, 0.5) is 0 Å². The molecule has 708 valence electrons. The number of phenolic OH excluding ortho intramolecular Hbond substituents is 1. The van der Waals surface area contributed by atoms with Crippen LogP contribution in [-0.2, 0) is 19.7 Å². The van der Waals surface area contributed by atoms with E-state index in [4.69, 9.17) is 38.8 Å². The van der Waals surface area contributed by atoms with Crippen molar-refractivity contribution in [3.8, 4) is 28.7 Å². The minimum atomic E-state index is -3.81. The first-order chi connectivity index (χ1) is 61.7. The van der Waals surface area contributed by atoms with E-state index in [1.807, 2.05) is 246 Å². The lowest BCUT2D eigenvalue weighted by molar-refractivity contribution is -0.141. The Hall–Kier alpha value is -11.8. The SMILES string of the molecule is C=CC.C=Cc1ccc(S(=O)(=O)Oc2ccc(C(C)CC)cc2)cc1.C=Cc1ccccc1.C=Cc1ccccc1.CC.CC.CCC.CCC(C)C(=O)O.CCC(C)C(=O)Oc1ccccc1.CCC(C)c1ccc(C(=O)O)cc1.CCC(C)c1ccc(C(=O)O)cc1.CCCC.CCOc1ccc(C(C)CC)cc1.CCOc1cccc(C)c1.Cc1cccc(O)c1. The van der Waals surface area contributed by atoms with Crippen LogP contribution >= 0.6 is 0 Å². The number of esters is 1. The second kappa shape index (κ2) is 81.9. The van der Waals surface area contributed by atoms with Crippen molar-refractivity contribution in [2.45, 2.75) is 259 Å². The zero-order valence-corrected chi connectivity index (χ0v) is 83.8. The van der Waals surface area contributed by atoms with Gasteiger partial charge in [0.2, 0.25) is 0 Å². The molecule has 0 aliphatic carbocycles. The molecule has 0 aromatic heterocycles.